The molecule has 0 aliphatic carbocycles. The Labute approximate surface area is 269 Å². The quantitative estimate of drug-likeness (QED) is 0.195. The summed E-state index contributed by atoms with van der Waals surface area (Å²) in [5, 5.41) is 2.37. The van der Waals surface area contributed by atoms with E-state index in [-0.39, 0.29) is 0 Å². The van der Waals surface area contributed by atoms with E-state index in [1.807, 2.05) is 48.5 Å². The van der Waals surface area contributed by atoms with Gasteiger partial charge in [0, 0.05) is 42.4 Å². The van der Waals surface area contributed by atoms with Crippen molar-refractivity contribution < 1.29 is 4.42 Å². The molecule has 0 saturated heterocycles. The Morgan fingerprint density at radius 1 is 0.457 bits per heavy atom. The fraction of sp³-hybridized carbons (Fsp3) is 0. The van der Waals surface area contributed by atoms with Crippen LogP contribution in [0.1, 0.15) is 0 Å². The van der Waals surface area contributed by atoms with E-state index in [1.54, 1.807) is 11.3 Å². The summed E-state index contributed by atoms with van der Waals surface area (Å²) >= 11 is 1.77. The first-order valence-electron chi connectivity index (χ1n) is 15.2. The number of nitrogens with zero attached hydrogens (tertiary/aromatic N) is 3. The molecule has 3 aromatic heterocycles. The highest BCUT2D eigenvalue weighted by Crippen LogP contribution is 2.42. The zero-order valence-corrected chi connectivity index (χ0v) is 25.4. The summed E-state index contributed by atoms with van der Waals surface area (Å²) in [6.07, 6.45) is 0. The molecule has 0 saturated carbocycles. The number of aromatic nitrogens is 3. The van der Waals surface area contributed by atoms with Crippen LogP contribution in [-0.2, 0) is 0 Å². The Kier molecular flexibility index (Phi) is 6.28. The minimum absolute atomic E-state index is 0.631. The van der Waals surface area contributed by atoms with Crippen molar-refractivity contribution in [2.24, 2.45) is 0 Å². The number of rotatable bonds is 5. The Morgan fingerprint density at radius 2 is 1.13 bits per heavy atom. The minimum atomic E-state index is 0.631. The van der Waals surface area contributed by atoms with Gasteiger partial charge in [-0.3, -0.25) is 0 Å². The second-order valence-electron chi connectivity index (χ2n) is 11.2. The lowest BCUT2D eigenvalue weighted by Gasteiger charge is -2.11. The number of thiophene rings is 1. The van der Waals surface area contributed by atoms with Crippen LogP contribution >= 0.6 is 11.3 Å². The molecule has 46 heavy (non-hydrogen) atoms. The fourth-order valence-electron chi connectivity index (χ4n) is 6.08. The third-order valence-electron chi connectivity index (χ3n) is 8.36. The fourth-order valence-corrected chi connectivity index (χ4v) is 7.25. The van der Waals surface area contributed by atoms with Gasteiger partial charge in [-0.15, -0.1) is 11.3 Å². The van der Waals surface area contributed by atoms with Crippen molar-refractivity contribution in [1.82, 2.24) is 15.0 Å². The zero-order chi connectivity index (χ0) is 30.5. The molecule has 9 rings (SSSR count). The van der Waals surface area contributed by atoms with E-state index in [0.717, 1.165) is 44.7 Å². The van der Waals surface area contributed by atoms with Crippen LogP contribution in [0.25, 0.3) is 87.8 Å². The molecule has 4 nitrogen and oxygen atoms in total. The molecule has 0 N–H and O–H groups in total. The van der Waals surface area contributed by atoms with Gasteiger partial charge >= 0.3 is 0 Å². The zero-order valence-electron chi connectivity index (χ0n) is 24.6. The SMILES string of the molecule is c1ccc(-c2ccc(-c3cc(-c4cccc5sc6cc(-c7nc8ccccc8o7)ccc6c45)nc(-c4ccccc4)n3)cc2)cc1. The molecule has 0 bridgehead atoms. The summed E-state index contributed by atoms with van der Waals surface area (Å²) < 4.78 is 8.47. The van der Waals surface area contributed by atoms with E-state index < -0.39 is 0 Å². The number of fused-ring (bicyclic) bond motifs is 4. The minimum Gasteiger partial charge on any atom is -0.436 e. The predicted octanol–water partition coefficient (Wildman–Crippen LogP) is 11.3. The molecular weight excluding hydrogens is 583 g/mol. The molecule has 6 aromatic carbocycles. The van der Waals surface area contributed by atoms with Crippen LogP contribution in [-0.4, -0.2) is 15.0 Å². The maximum absolute atomic E-state index is 6.09. The van der Waals surface area contributed by atoms with Gasteiger partial charge < -0.3 is 4.42 Å². The van der Waals surface area contributed by atoms with Crippen molar-refractivity contribution in [2.45, 2.75) is 0 Å². The van der Waals surface area contributed by atoms with Crippen LogP contribution in [0.4, 0.5) is 0 Å². The van der Waals surface area contributed by atoms with E-state index in [9.17, 15) is 0 Å². The number of hydrogen-bond acceptors (Lipinski definition) is 5. The molecule has 216 valence electrons. The van der Waals surface area contributed by atoms with Gasteiger partial charge in [0.05, 0.1) is 11.4 Å². The second kappa shape index (κ2) is 10.9. The highest BCUT2D eigenvalue weighted by atomic mass is 32.1. The van der Waals surface area contributed by atoms with Gasteiger partial charge in [0.1, 0.15) is 5.52 Å². The normalized spacial score (nSPS) is 11.5. The van der Waals surface area contributed by atoms with Crippen molar-refractivity contribution in [3.05, 3.63) is 152 Å². The molecule has 0 spiro atoms. The lowest BCUT2D eigenvalue weighted by atomic mass is 9.99. The standard InChI is InChI=1S/C41H25N3OS/c1-3-10-26(11-4-1)27-18-20-28(21-19-27)34-25-35(43-40(42-34)29-12-5-2-6-13-29)31-14-9-17-37-39(31)32-23-22-30(24-38(32)46-37)41-44-33-15-7-8-16-36(33)45-41/h1-25H. The number of para-hydroxylation sites is 2. The summed E-state index contributed by atoms with van der Waals surface area (Å²) in [7, 11) is 0. The Hall–Kier alpha value is -5.91. The van der Waals surface area contributed by atoms with Crippen LogP contribution in [0.2, 0.25) is 0 Å². The van der Waals surface area contributed by atoms with E-state index in [1.165, 1.54) is 31.3 Å². The summed E-state index contributed by atoms with van der Waals surface area (Å²) in [6, 6.07) is 52.2. The van der Waals surface area contributed by atoms with Gasteiger partial charge in [-0.05, 0) is 47.5 Å². The number of hydrogen-bond donors (Lipinski definition) is 0. The van der Waals surface area contributed by atoms with Crippen LogP contribution in [0.5, 0.6) is 0 Å². The maximum Gasteiger partial charge on any atom is 0.227 e. The maximum atomic E-state index is 6.09. The van der Waals surface area contributed by atoms with E-state index in [4.69, 9.17) is 19.4 Å². The monoisotopic (exact) mass is 607 g/mol. The first-order chi connectivity index (χ1) is 22.8. The third-order valence-corrected chi connectivity index (χ3v) is 9.48. The van der Waals surface area contributed by atoms with Crippen molar-refractivity contribution in [1.29, 1.82) is 0 Å². The van der Waals surface area contributed by atoms with Crippen LogP contribution < -0.4 is 0 Å². The molecule has 3 heterocycles. The average Bonchev–Trinajstić information content (AvgIpc) is 3.74. The predicted molar refractivity (Wildman–Crippen MR) is 190 cm³/mol. The van der Waals surface area contributed by atoms with Crippen molar-refractivity contribution in [3.63, 3.8) is 0 Å². The molecule has 0 aliphatic rings. The molecular formula is C41H25N3OS. The molecule has 0 amide bonds. The van der Waals surface area contributed by atoms with Crippen LogP contribution in [0.15, 0.2) is 156 Å². The Bertz CT molecular complexity index is 2480. The molecule has 0 radical (unpaired) electrons. The summed E-state index contributed by atoms with van der Waals surface area (Å²) in [4.78, 5) is 15.0. The van der Waals surface area contributed by atoms with Gasteiger partial charge in [0.2, 0.25) is 5.89 Å². The number of benzene rings is 6. The largest absolute Gasteiger partial charge is 0.436 e. The molecule has 0 fully saturated rings. The van der Waals surface area contributed by atoms with Gasteiger partial charge in [-0.2, -0.15) is 0 Å². The molecule has 0 atom stereocenters. The molecule has 5 heteroatoms. The van der Waals surface area contributed by atoms with Gasteiger partial charge in [-0.1, -0.05) is 115 Å². The summed E-state index contributed by atoms with van der Waals surface area (Å²) in [5.74, 6) is 1.34. The highest BCUT2D eigenvalue weighted by molar-refractivity contribution is 7.26. The van der Waals surface area contributed by atoms with Crippen LogP contribution in [0, 0.1) is 0 Å². The first kappa shape index (κ1) is 26.5. The van der Waals surface area contributed by atoms with E-state index in [2.05, 4.69) is 103 Å². The number of oxazole rings is 1. The lowest BCUT2D eigenvalue weighted by Crippen LogP contribution is -1.96. The van der Waals surface area contributed by atoms with E-state index >= 15 is 0 Å². The molecule has 0 aliphatic heterocycles. The molecule has 0 unspecified atom stereocenters. The topological polar surface area (TPSA) is 51.8 Å². The van der Waals surface area contributed by atoms with E-state index in [0.29, 0.717) is 11.7 Å². The average molecular weight is 608 g/mol. The van der Waals surface area contributed by atoms with Crippen molar-refractivity contribution in [2.75, 3.05) is 0 Å². The van der Waals surface area contributed by atoms with Crippen molar-refractivity contribution >= 4 is 42.6 Å². The highest BCUT2D eigenvalue weighted by Gasteiger charge is 2.17. The molecule has 9 aromatic rings. The Morgan fingerprint density at radius 3 is 1.93 bits per heavy atom. The summed E-state index contributed by atoms with van der Waals surface area (Å²) in [5.41, 5.74) is 9.88. The first-order valence-corrected chi connectivity index (χ1v) is 16.0. The van der Waals surface area contributed by atoms with Gasteiger partial charge in [-0.25, -0.2) is 15.0 Å². The summed E-state index contributed by atoms with van der Waals surface area (Å²) in [6.45, 7) is 0. The lowest BCUT2D eigenvalue weighted by molar-refractivity contribution is 0.620. The Balaban J connectivity index is 1.19. The van der Waals surface area contributed by atoms with Crippen molar-refractivity contribution in [3.8, 4) is 56.5 Å². The van der Waals surface area contributed by atoms with Crippen LogP contribution in [0.3, 0.4) is 0 Å². The smallest absolute Gasteiger partial charge is 0.227 e. The van der Waals surface area contributed by atoms with Gasteiger partial charge in [0.25, 0.3) is 0 Å². The second-order valence-corrected chi connectivity index (χ2v) is 12.3. The third kappa shape index (κ3) is 4.66. The van der Waals surface area contributed by atoms with Gasteiger partial charge in [0.15, 0.2) is 11.4 Å².